The number of hydrogen-bond acceptors (Lipinski definition) is 2. The summed E-state index contributed by atoms with van der Waals surface area (Å²) in [5, 5.41) is 13.1. The first-order chi connectivity index (χ1) is 8.60. The summed E-state index contributed by atoms with van der Waals surface area (Å²) in [6.45, 7) is 5.84. The smallest absolute Gasteiger partial charge is 0.0587 e. The molecule has 104 valence electrons. The van der Waals surface area contributed by atoms with Gasteiger partial charge in [0, 0.05) is 12.6 Å². The monoisotopic (exact) mass is 251 g/mol. The summed E-state index contributed by atoms with van der Waals surface area (Å²) < 4.78 is 0. The normalized spacial score (nSPS) is 43.7. The lowest BCUT2D eigenvalue weighted by Crippen LogP contribution is -2.52. The zero-order valence-corrected chi connectivity index (χ0v) is 12.0. The Balaban J connectivity index is 1.62. The molecule has 4 fully saturated rings. The minimum Gasteiger partial charge on any atom is -0.395 e. The van der Waals surface area contributed by atoms with Crippen molar-refractivity contribution >= 4 is 0 Å². The summed E-state index contributed by atoms with van der Waals surface area (Å²) in [4.78, 5) is 0. The second kappa shape index (κ2) is 4.79. The molecule has 0 radical (unpaired) electrons. The second-order valence-electron chi connectivity index (χ2n) is 7.83. The number of aliphatic hydroxyl groups excluding tert-OH is 1. The highest BCUT2D eigenvalue weighted by atomic mass is 16.3. The molecule has 4 aliphatic rings. The largest absolute Gasteiger partial charge is 0.395 e. The predicted octanol–water partition coefficient (Wildman–Crippen LogP) is 2.81. The zero-order chi connectivity index (χ0) is 12.8. The molecule has 0 aromatic carbocycles. The van der Waals surface area contributed by atoms with Crippen molar-refractivity contribution in [1.29, 1.82) is 0 Å². The SMILES string of the molecule is CC(C)C(CO)NCC12CC3CC(CC(C3)C1)C2. The van der Waals surface area contributed by atoms with Gasteiger partial charge in [-0.15, -0.1) is 0 Å². The fraction of sp³-hybridized carbons (Fsp3) is 1.00. The summed E-state index contributed by atoms with van der Waals surface area (Å²) >= 11 is 0. The predicted molar refractivity (Wildman–Crippen MR) is 74.3 cm³/mol. The van der Waals surface area contributed by atoms with E-state index in [9.17, 15) is 5.11 Å². The van der Waals surface area contributed by atoms with Gasteiger partial charge in [0.2, 0.25) is 0 Å². The maximum Gasteiger partial charge on any atom is 0.0587 e. The Labute approximate surface area is 112 Å². The highest BCUT2D eigenvalue weighted by molar-refractivity contribution is 5.02. The Morgan fingerprint density at radius 3 is 1.94 bits per heavy atom. The molecule has 18 heavy (non-hydrogen) atoms. The lowest BCUT2D eigenvalue weighted by Gasteiger charge is -2.57. The van der Waals surface area contributed by atoms with Crippen LogP contribution >= 0.6 is 0 Å². The van der Waals surface area contributed by atoms with Gasteiger partial charge in [0.15, 0.2) is 0 Å². The highest BCUT2D eigenvalue weighted by Crippen LogP contribution is 2.59. The molecule has 1 atom stereocenters. The van der Waals surface area contributed by atoms with E-state index in [1.54, 1.807) is 0 Å². The highest BCUT2D eigenvalue weighted by Gasteiger charge is 2.50. The summed E-state index contributed by atoms with van der Waals surface area (Å²) in [7, 11) is 0. The van der Waals surface area contributed by atoms with E-state index in [4.69, 9.17) is 0 Å². The van der Waals surface area contributed by atoms with Crippen LogP contribution in [0, 0.1) is 29.1 Å². The standard InChI is InChI=1S/C16H29NO/c1-11(2)15(9-18)17-10-16-6-12-3-13(7-16)5-14(4-12)8-16/h11-15,17-18H,3-10H2,1-2H3. The van der Waals surface area contributed by atoms with Crippen LogP contribution in [0.15, 0.2) is 0 Å². The average molecular weight is 251 g/mol. The Kier molecular flexibility index (Phi) is 3.44. The van der Waals surface area contributed by atoms with Gasteiger partial charge in [-0.1, -0.05) is 13.8 Å². The van der Waals surface area contributed by atoms with Crippen LogP contribution in [-0.4, -0.2) is 24.3 Å². The van der Waals surface area contributed by atoms with Gasteiger partial charge in [0.05, 0.1) is 6.61 Å². The van der Waals surface area contributed by atoms with Gasteiger partial charge in [-0.05, 0) is 67.6 Å². The molecule has 2 N–H and O–H groups in total. The van der Waals surface area contributed by atoms with Crippen LogP contribution in [0.5, 0.6) is 0 Å². The van der Waals surface area contributed by atoms with E-state index >= 15 is 0 Å². The second-order valence-corrected chi connectivity index (χ2v) is 7.83. The first-order valence-electron chi connectivity index (χ1n) is 7.94. The number of nitrogens with one attached hydrogen (secondary N) is 1. The molecule has 0 aromatic heterocycles. The third-order valence-corrected chi connectivity index (χ3v) is 5.91. The van der Waals surface area contributed by atoms with Crippen molar-refractivity contribution < 1.29 is 5.11 Å². The summed E-state index contributed by atoms with van der Waals surface area (Å²) in [5.74, 6) is 3.63. The van der Waals surface area contributed by atoms with Gasteiger partial charge >= 0.3 is 0 Å². The Hall–Kier alpha value is -0.0800. The third-order valence-electron chi connectivity index (χ3n) is 5.91. The molecular weight excluding hydrogens is 222 g/mol. The van der Waals surface area contributed by atoms with Crippen LogP contribution in [0.2, 0.25) is 0 Å². The number of hydrogen-bond donors (Lipinski definition) is 2. The maximum absolute atomic E-state index is 9.45. The van der Waals surface area contributed by atoms with Crippen LogP contribution < -0.4 is 5.32 Å². The maximum atomic E-state index is 9.45. The summed E-state index contributed by atoms with van der Waals surface area (Å²) in [6, 6.07) is 0.290. The van der Waals surface area contributed by atoms with E-state index in [1.165, 1.54) is 38.5 Å². The fourth-order valence-electron chi connectivity index (χ4n) is 5.37. The van der Waals surface area contributed by atoms with Crippen molar-refractivity contribution in [2.24, 2.45) is 29.1 Å². The Morgan fingerprint density at radius 2 is 1.56 bits per heavy atom. The van der Waals surface area contributed by atoms with Gasteiger partial charge in [0.1, 0.15) is 0 Å². The van der Waals surface area contributed by atoms with Crippen molar-refractivity contribution in [1.82, 2.24) is 5.32 Å². The zero-order valence-electron chi connectivity index (χ0n) is 12.0. The van der Waals surface area contributed by atoms with Crippen LogP contribution in [0.1, 0.15) is 52.4 Å². The van der Waals surface area contributed by atoms with E-state index in [-0.39, 0.29) is 12.6 Å². The molecule has 4 rings (SSSR count). The average Bonchev–Trinajstić information content (AvgIpc) is 2.27. The first-order valence-corrected chi connectivity index (χ1v) is 7.94. The van der Waals surface area contributed by atoms with Gasteiger partial charge in [-0.2, -0.15) is 0 Å². The van der Waals surface area contributed by atoms with E-state index in [1.807, 2.05) is 0 Å². The van der Waals surface area contributed by atoms with E-state index < -0.39 is 0 Å². The quantitative estimate of drug-likeness (QED) is 0.787. The molecule has 4 saturated carbocycles. The minimum absolute atomic E-state index is 0.282. The number of rotatable bonds is 5. The molecule has 0 amide bonds. The third kappa shape index (κ3) is 2.34. The molecule has 1 unspecified atom stereocenters. The number of aliphatic hydroxyl groups is 1. The fourth-order valence-corrected chi connectivity index (χ4v) is 5.37. The van der Waals surface area contributed by atoms with Crippen molar-refractivity contribution in [3.05, 3.63) is 0 Å². The Morgan fingerprint density at radius 1 is 1.06 bits per heavy atom. The summed E-state index contributed by atoms with van der Waals surface area (Å²) in [6.07, 6.45) is 8.94. The van der Waals surface area contributed by atoms with E-state index in [0.717, 1.165) is 24.3 Å². The van der Waals surface area contributed by atoms with Crippen LogP contribution in [0.25, 0.3) is 0 Å². The van der Waals surface area contributed by atoms with Crippen molar-refractivity contribution in [3.8, 4) is 0 Å². The summed E-state index contributed by atoms with van der Waals surface area (Å²) in [5.41, 5.74) is 0.594. The van der Waals surface area contributed by atoms with Crippen molar-refractivity contribution in [3.63, 3.8) is 0 Å². The van der Waals surface area contributed by atoms with Crippen LogP contribution in [0.4, 0.5) is 0 Å². The van der Waals surface area contributed by atoms with E-state index in [0.29, 0.717) is 11.3 Å². The molecule has 2 nitrogen and oxygen atoms in total. The lowest BCUT2D eigenvalue weighted by atomic mass is 9.49. The Bertz CT molecular complexity index is 264. The van der Waals surface area contributed by atoms with E-state index in [2.05, 4.69) is 19.2 Å². The van der Waals surface area contributed by atoms with Gasteiger partial charge in [0.25, 0.3) is 0 Å². The molecule has 4 aliphatic carbocycles. The van der Waals surface area contributed by atoms with Crippen LogP contribution in [0.3, 0.4) is 0 Å². The molecule has 4 bridgehead atoms. The molecular formula is C16H29NO. The topological polar surface area (TPSA) is 32.3 Å². The molecule has 0 saturated heterocycles. The van der Waals surface area contributed by atoms with Gasteiger partial charge < -0.3 is 10.4 Å². The molecule has 2 heteroatoms. The van der Waals surface area contributed by atoms with Gasteiger partial charge in [-0.25, -0.2) is 0 Å². The van der Waals surface area contributed by atoms with Crippen LogP contribution in [-0.2, 0) is 0 Å². The van der Waals surface area contributed by atoms with Crippen molar-refractivity contribution in [2.75, 3.05) is 13.2 Å². The van der Waals surface area contributed by atoms with Crippen molar-refractivity contribution in [2.45, 2.75) is 58.4 Å². The molecule has 0 spiro atoms. The minimum atomic E-state index is 0.282. The lowest BCUT2D eigenvalue weighted by molar-refractivity contribution is -0.0537. The van der Waals surface area contributed by atoms with Gasteiger partial charge in [-0.3, -0.25) is 0 Å². The molecule has 0 aromatic rings. The molecule has 0 aliphatic heterocycles. The molecule has 0 heterocycles. The first kappa shape index (κ1) is 12.9.